The van der Waals surface area contributed by atoms with E-state index in [-0.39, 0.29) is 36.8 Å². The number of aryl methyl sites for hydroxylation is 1. The third-order valence-corrected chi connectivity index (χ3v) is 3.70. The van der Waals surface area contributed by atoms with Crippen LogP contribution in [-0.4, -0.2) is 36.1 Å². The molecule has 0 aliphatic heterocycles. The molecule has 0 aliphatic rings. The Hall–Kier alpha value is -3.03. The second kappa shape index (κ2) is 8.37. The molecule has 0 saturated heterocycles. The Balaban J connectivity index is 2.12. The van der Waals surface area contributed by atoms with E-state index in [9.17, 15) is 14.4 Å². The molecule has 2 rings (SSSR count). The van der Waals surface area contributed by atoms with Gasteiger partial charge in [-0.1, -0.05) is 0 Å². The van der Waals surface area contributed by atoms with E-state index >= 15 is 0 Å². The molecule has 0 bridgehead atoms. The number of hydrogen-bond donors (Lipinski definition) is 1. The van der Waals surface area contributed by atoms with Crippen molar-refractivity contribution in [3.05, 3.63) is 46.2 Å². The molecule has 26 heavy (non-hydrogen) atoms. The lowest BCUT2D eigenvalue weighted by atomic mass is 10.1. The summed E-state index contributed by atoms with van der Waals surface area (Å²) >= 11 is 0. The van der Waals surface area contributed by atoms with Crippen LogP contribution >= 0.6 is 0 Å². The molecule has 2 aromatic rings. The van der Waals surface area contributed by atoms with Crippen LogP contribution in [0.1, 0.15) is 62.1 Å². The molecule has 8 nitrogen and oxygen atoms in total. The van der Waals surface area contributed by atoms with Crippen molar-refractivity contribution in [1.82, 2.24) is 4.98 Å². The topological polar surface area (TPSA) is 108 Å². The number of esters is 3. The summed E-state index contributed by atoms with van der Waals surface area (Å²) in [6.45, 7) is 6.90. The van der Waals surface area contributed by atoms with Gasteiger partial charge in [-0.25, -0.2) is 14.4 Å². The van der Waals surface area contributed by atoms with Crippen molar-refractivity contribution in [2.24, 2.45) is 0 Å². The first kappa shape index (κ1) is 19.3. The molecule has 0 atom stereocenters. The van der Waals surface area contributed by atoms with Crippen LogP contribution in [0.3, 0.4) is 0 Å². The fourth-order valence-electron chi connectivity index (χ4n) is 2.51. The van der Waals surface area contributed by atoms with Gasteiger partial charge in [0.1, 0.15) is 11.3 Å². The van der Waals surface area contributed by atoms with Crippen molar-refractivity contribution in [2.45, 2.75) is 34.3 Å². The maximum Gasteiger partial charge on any atom is 0.355 e. The van der Waals surface area contributed by atoms with Crippen molar-refractivity contribution < 1.29 is 33.0 Å². The van der Waals surface area contributed by atoms with Gasteiger partial charge in [-0.2, -0.15) is 0 Å². The normalized spacial score (nSPS) is 10.5. The molecular weight excluding hydrogens is 342 g/mol. The largest absolute Gasteiger partial charge is 0.465 e. The average Bonchev–Trinajstić information content (AvgIpc) is 3.17. The van der Waals surface area contributed by atoms with Crippen molar-refractivity contribution in [3.8, 4) is 0 Å². The summed E-state index contributed by atoms with van der Waals surface area (Å²) < 4.78 is 20.3. The molecule has 140 valence electrons. The Morgan fingerprint density at radius 2 is 1.65 bits per heavy atom. The molecule has 0 amide bonds. The minimum absolute atomic E-state index is 0.148. The van der Waals surface area contributed by atoms with E-state index in [1.807, 2.05) is 0 Å². The molecule has 0 unspecified atom stereocenters. The molecule has 0 fully saturated rings. The van der Waals surface area contributed by atoms with Crippen molar-refractivity contribution in [3.63, 3.8) is 0 Å². The standard InChI is InChI=1S/C18H21NO7/c1-5-23-16(20)12-7-8-25-13(12)9-26-18(22)15-10(3)14(11(4)19-15)17(21)24-6-2/h7-8,19H,5-6,9H2,1-4H3. The molecule has 2 aromatic heterocycles. The van der Waals surface area contributed by atoms with E-state index in [1.54, 1.807) is 27.7 Å². The number of rotatable bonds is 7. The maximum absolute atomic E-state index is 12.4. The lowest BCUT2D eigenvalue weighted by Gasteiger charge is -2.05. The number of aromatic amines is 1. The lowest BCUT2D eigenvalue weighted by Crippen LogP contribution is -2.11. The second-order valence-corrected chi connectivity index (χ2v) is 5.40. The lowest BCUT2D eigenvalue weighted by molar-refractivity contribution is 0.0417. The van der Waals surface area contributed by atoms with E-state index in [4.69, 9.17) is 18.6 Å². The van der Waals surface area contributed by atoms with E-state index in [0.29, 0.717) is 16.8 Å². The molecule has 1 N–H and O–H groups in total. The number of aromatic nitrogens is 1. The third-order valence-electron chi connectivity index (χ3n) is 3.70. The summed E-state index contributed by atoms with van der Waals surface area (Å²) in [5.74, 6) is -1.55. The van der Waals surface area contributed by atoms with E-state index in [2.05, 4.69) is 4.98 Å². The molecule has 0 aromatic carbocycles. The van der Waals surface area contributed by atoms with Gasteiger partial charge in [-0.05, 0) is 39.3 Å². The van der Waals surface area contributed by atoms with Gasteiger partial charge in [0.25, 0.3) is 0 Å². The zero-order chi connectivity index (χ0) is 19.3. The summed E-state index contributed by atoms with van der Waals surface area (Å²) in [6, 6.07) is 1.45. The Labute approximate surface area is 150 Å². The molecular formula is C18H21NO7. The van der Waals surface area contributed by atoms with Crippen molar-refractivity contribution in [2.75, 3.05) is 13.2 Å². The van der Waals surface area contributed by atoms with Crippen LogP contribution in [0.5, 0.6) is 0 Å². The monoisotopic (exact) mass is 363 g/mol. The van der Waals surface area contributed by atoms with Gasteiger partial charge < -0.3 is 23.6 Å². The van der Waals surface area contributed by atoms with Gasteiger partial charge in [-0.15, -0.1) is 0 Å². The second-order valence-electron chi connectivity index (χ2n) is 5.40. The van der Waals surface area contributed by atoms with E-state index in [1.165, 1.54) is 12.3 Å². The van der Waals surface area contributed by atoms with Crippen LogP contribution in [0.4, 0.5) is 0 Å². The molecule has 0 spiro atoms. The number of furan rings is 1. The van der Waals surface area contributed by atoms with E-state index in [0.717, 1.165) is 0 Å². The molecule has 8 heteroatoms. The summed E-state index contributed by atoms with van der Waals surface area (Å²) in [4.78, 5) is 39.0. The van der Waals surface area contributed by atoms with Crippen molar-refractivity contribution >= 4 is 17.9 Å². The summed E-state index contributed by atoms with van der Waals surface area (Å²) in [7, 11) is 0. The van der Waals surface area contributed by atoms with Crippen LogP contribution in [0, 0.1) is 13.8 Å². The Morgan fingerprint density at radius 1 is 1.00 bits per heavy atom. The van der Waals surface area contributed by atoms with Crippen LogP contribution in [0.25, 0.3) is 0 Å². The number of carbonyl (C=O) groups is 3. The van der Waals surface area contributed by atoms with E-state index < -0.39 is 17.9 Å². The first-order valence-corrected chi connectivity index (χ1v) is 8.17. The first-order chi connectivity index (χ1) is 12.4. The molecule has 0 aliphatic carbocycles. The van der Waals surface area contributed by atoms with Gasteiger partial charge in [0, 0.05) is 5.69 Å². The molecule has 0 saturated carbocycles. The fourth-order valence-corrected chi connectivity index (χ4v) is 2.51. The zero-order valence-corrected chi connectivity index (χ0v) is 15.1. The van der Waals surface area contributed by atoms with Crippen LogP contribution in [0.2, 0.25) is 0 Å². The molecule has 2 heterocycles. The van der Waals surface area contributed by atoms with Crippen molar-refractivity contribution in [1.29, 1.82) is 0 Å². The minimum Gasteiger partial charge on any atom is -0.465 e. The quantitative estimate of drug-likeness (QED) is 0.595. The van der Waals surface area contributed by atoms with Crippen LogP contribution in [-0.2, 0) is 20.8 Å². The van der Waals surface area contributed by atoms with Crippen LogP contribution in [0.15, 0.2) is 16.7 Å². The number of ether oxygens (including phenoxy) is 3. The number of H-pyrrole nitrogens is 1. The fraction of sp³-hybridized carbons (Fsp3) is 0.389. The van der Waals surface area contributed by atoms with Gasteiger partial charge in [0.05, 0.1) is 25.0 Å². The van der Waals surface area contributed by atoms with Gasteiger partial charge >= 0.3 is 17.9 Å². The maximum atomic E-state index is 12.4. The van der Waals surface area contributed by atoms with Crippen LogP contribution < -0.4 is 0 Å². The molecule has 0 radical (unpaired) electrons. The highest BCUT2D eigenvalue weighted by atomic mass is 16.5. The zero-order valence-electron chi connectivity index (χ0n) is 15.1. The predicted molar refractivity (Wildman–Crippen MR) is 90.0 cm³/mol. The summed E-state index contributed by atoms with van der Waals surface area (Å²) in [5.41, 5.74) is 1.61. The highest BCUT2D eigenvalue weighted by Gasteiger charge is 2.24. The average molecular weight is 363 g/mol. The number of hydrogen-bond acceptors (Lipinski definition) is 7. The van der Waals surface area contributed by atoms with Gasteiger partial charge in [0.15, 0.2) is 12.4 Å². The summed E-state index contributed by atoms with van der Waals surface area (Å²) in [5, 5.41) is 0. The highest BCUT2D eigenvalue weighted by Crippen LogP contribution is 2.21. The van der Waals surface area contributed by atoms with Gasteiger partial charge in [-0.3, -0.25) is 0 Å². The minimum atomic E-state index is -0.674. The van der Waals surface area contributed by atoms with Gasteiger partial charge in [0.2, 0.25) is 0 Å². The smallest absolute Gasteiger partial charge is 0.355 e. The Kier molecular flexibility index (Phi) is 6.21. The summed E-state index contributed by atoms with van der Waals surface area (Å²) in [6.07, 6.45) is 1.32. The number of carbonyl (C=O) groups excluding carboxylic acids is 3. The third kappa shape index (κ3) is 3.96. The SMILES string of the molecule is CCOC(=O)c1ccoc1COC(=O)c1[nH]c(C)c(C(=O)OCC)c1C. The number of nitrogens with one attached hydrogen (secondary N) is 1. The Morgan fingerprint density at radius 3 is 2.31 bits per heavy atom. The first-order valence-electron chi connectivity index (χ1n) is 8.17. The Bertz CT molecular complexity index is 816. The predicted octanol–water partition coefficient (Wildman–Crippen LogP) is 2.93. The highest BCUT2D eigenvalue weighted by molar-refractivity contribution is 5.98.